The first-order valence-electron chi connectivity index (χ1n) is 15.5. The highest BCUT2D eigenvalue weighted by Crippen LogP contribution is 2.46. The number of nitrogens with zero attached hydrogens (tertiary/aromatic N) is 1. The summed E-state index contributed by atoms with van der Waals surface area (Å²) in [5, 5.41) is 0. The number of rotatable bonds is 16. The minimum Gasteiger partial charge on any atom is -0.497 e. The molecule has 0 aliphatic carbocycles. The molecule has 243 valence electrons. The van der Waals surface area contributed by atoms with Crippen LogP contribution < -0.4 is 9.47 Å². The van der Waals surface area contributed by atoms with Crippen LogP contribution in [0.4, 0.5) is 0 Å². The number of hydrogen-bond acceptors (Lipinski definition) is 7. The summed E-state index contributed by atoms with van der Waals surface area (Å²) in [4.78, 5) is 25.3. The van der Waals surface area contributed by atoms with Gasteiger partial charge in [-0.3, -0.25) is 4.79 Å². The van der Waals surface area contributed by atoms with Crippen molar-refractivity contribution in [1.29, 1.82) is 0 Å². The molecule has 1 aliphatic rings. The fraction of sp³-hybridized carbons (Fsp3) is 0.457. The molecule has 0 saturated carbocycles. The lowest BCUT2D eigenvalue weighted by Gasteiger charge is -2.37. The molecule has 1 aliphatic heterocycles. The highest BCUT2D eigenvalue weighted by atomic mass is 31.2. The Balaban J connectivity index is 1.72. The van der Waals surface area contributed by atoms with Crippen molar-refractivity contribution in [2.75, 3.05) is 46.6 Å². The van der Waals surface area contributed by atoms with Crippen LogP contribution in [0, 0.1) is 5.92 Å². The number of carbonyl (C=O) groups excluding carboxylic acids is 1. The van der Waals surface area contributed by atoms with E-state index in [-0.39, 0.29) is 18.7 Å². The van der Waals surface area contributed by atoms with Gasteiger partial charge in [0.05, 0.1) is 26.9 Å². The van der Waals surface area contributed by atoms with E-state index in [1.165, 1.54) is 6.92 Å². The second-order valence-electron chi connectivity index (χ2n) is 11.1. The zero-order chi connectivity index (χ0) is 32.5. The standard InChI is InChI=1S/C35H46NO8P/c1-7-36(8-2,9-3)44-45(38)25-27-23-34(42-26(4)37)43-33(27)24-41-35(28-13-11-10-12-14-28,29-15-19-31(39-5)20-16-29)30-17-21-32(40-6)22-18-30/h10-22,27,33-34H,7-9,23-25H2,1-6H3/q+1/t27-,33-,34?,45?/m1/s1. The number of quaternary nitrogens is 1. The first-order valence-corrected chi connectivity index (χ1v) is 16.9. The van der Waals surface area contributed by atoms with Gasteiger partial charge in [-0.1, -0.05) is 54.6 Å². The van der Waals surface area contributed by atoms with E-state index in [2.05, 4.69) is 0 Å². The van der Waals surface area contributed by atoms with Crippen molar-refractivity contribution in [2.24, 2.45) is 5.92 Å². The van der Waals surface area contributed by atoms with Crippen LogP contribution in [0.3, 0.4) is 0 Å². The number of methoxy groups -OCH3 is 2. The Kier molecular flexibility index (Phi) is 12.4. The summed E-state index contributed by atoms with van der Waals surface area (Å²) in [5.74, 6) is 0.784. The molecular weight excluding hydrogens is 593 g/mol. The Morgan fingerprint density at radius 3 is 1.82 bits per heavy atom. The highest BCUT2D eigenvalue weighted by molar-refractivity contribution is 7.45. The molecule has 1 saturated heterocycles. The van der Waals surface area contributed by atoms with Crippen LogP contribution >= 0.6 is 8.38 Å². The lowest BCUT2D eigenvalue weighted by Crippen LogP contribution is -2.46. The highest BCUT2D eigenvalue weighted by Gasteiger charge is 2.44. The molecule has 3 aromatic carbocycles. The van der Waals surface area contributed by atoms with Gasteiger partial charge in [0.25, 0.3) is 8.38 Å². The molecule has 0 amide bonds. The number of ether oxygens (including phenoxy) is 5. The second-order valence-corrected chi connectivity index (χ2v) is 12.3. The molecular formula is C35H46NO8P+. The molecule has 0 N–H and O–H groups in total. The summed E-state index contributed by atoms with van der Waals surface area (Å²) >= 11 is 0. The third-order valence-electron chi connectivity index (χ3n) is 8.66. The Morgan fingerprint density at radius 2 is 1.36 bits per heavy atom. The minimum atomic E-state index is -2.03. The van der Waals surface area contributed by atoms with Crippen molar-refractivity contribution in [1.82, 2.24) is 0 Å². The minimum absolute atomic E-state index is 0.133. The number of carbonyl (C=O) groups is 1. The SMILES string of the molecule is CC[N+](CC)(CC)OP([O])C[C@H]1CC(OC(C)=O)O[C@@H]1COC(c1ccccc1)(c1ccc(OC)cc1)c1ccc(OC)cc1. The maximum Gasteiger partial charge on any atom is 0.304 e. The van der Waals surface area contributed by atoms with Gasteiger partial charge in [-0.15, -0.1) is 0 Å². The molecule has 45 heavy (non-hydrogen) atoms. The van der Waals surface area contributed by atoms with Gasteiger partial charge in [0, 0.05) is 25.4 Å². The van der Waals surface area contributed by atoms with Crippen molar-refractivity contribution < 1.29 is 42.6 Å². The van der Waals surface area contributed by atoms with E-state index < -0.39 is 32.3 Å². The van der Waals surface area contributed by atoms with Crippen LogP contribution in [0.5, 0.6) is 11.5 Å². The van der Waals surface area contributed by atoms with E-state index in [1.807, 2.05) is 99.6 Å². The molecule has 0 aromatic heterocycles. The van der Waals surface area contributed by atoms with Gasteiger partial charge in [-0.2, -0.15) is 14.2 Å². The number of benzene rings is 3. The fourth-order valence-electron chi connectivity index (χ4n) is 5.93. The van der Waals surface area contributed by atoms with Gasteiger partial charge in [0.1, 0.15) is 36.7 Å². The fourth-order valence-corrected chi connectivity index (χ4v) is 7.50. The predicted molar refractivity (Wildman–Crippen MR) is 172 cm³/mol. The first kappa shape index (κ1) is 34.8. The molecule has 10 heteroatoms. The number of hydrogen-bond donors (Lipinski definition) is 0. The quantitative estimate of drug-likeness (QED) is 0.0556. The van der Waals surface area contributed by atoms with Crippen LogP contribution in [0.1, 0.15) is 50.8 Å². The summed E-state index contributed by atoms with van der Waals surface area (Å²) < 4.78 is 36.2. The monoisotopic (exact) mass is 639 g/mol. The Morgan fingerprint density at radius 1 is 0.844 bits per heavy atom. The number of esters is 1. The van der Waals surface area contributed by atoms with Crippen LogP contribution in [0.2, 0.25) is 0 Å². The van der Waals surface area contributed by atoms with Crippen molar-refractivity contribution in [3.8, 4) is 11.5 Å². The smallest absolute Gasteiger partial charge is 0.304 e. The Labute approximate surface area is 268 Å². The second kappa shape index (κ2) is 16.0. The van der Waals surface area contributed by atoms with Gasteiger partial charge in [-0.05, 0) is 61.7 Å². The van der Waals surface area contributed by atoms with Gasteiger partial charge < -0.3 is 23.7 Å². The van der Waals surface area contributed by atoms with Crippen molar-refractivity contribution in [3.63, 3.8) is 0 Å². The predicted octanol–water partition coefficient (Wildman–Crippen LogP) is 6.86. The number of hydroxylamine groups is 3. The van der Waals surface area contributed by atoms with Crippen LogP contribution in [-0.4, -0.2) is 69.6 Å². The van der Waals surface area contributed by atoms with E-state index in [0.29, 0.717) is 30.7 Å². The van der Waals surface area contributed by atoms with Crippen LogP contribution in [0.15, 0.2) is 78.9 Å². The van der Waals surface area contributed by atoms with E-state index in [0.717, 1.165) is 28.2 Å². The molecule has 1 fully saturated rings. The average Bonchev–Trinajstić information content (AvgIpc) is 3.44. The molecule has 3 aromatic rings. The van der Waals surface area contributed by atoms with Crippen LogP contribution in [-0.2, 0) is 34.1 Å². The molecule has 0 bridgehead atoms. The van der Waals surface area contributed by atoms with Gasteiger partial charge in [0.15, 0.2) is 0 Å². The molecule has 1 radical (unpaired) electrons. The van der Waals surface area contributed by atoms with E-state index in [1.54, 1.807) is 14.2 Å². The third-order valence-corrected chi connectivity index (χ3v) is 9.95. The van der Waals surface area contributed by atoms with Crippen molar-refractivity contribution >= 4 is 14.3 Å². The first-order chi connectivity index (χ1) is 21.7. The molecule has 9 nitrogen and oxygen atoms in total. The zero-order valence-electron chi connectivity index (χ0n) is 27.1. The third kappa shape index (κ3) is 8.22. The van der Waals surface area contributed by atoms with Crippen LogP contribution in [0.25, 0.3) is 0 Å². The van der Waals surface area contributed by atoms with Crippen molar-refractivity contribution in [3.05, 3.63) is 95.6 Å². The van der Waals surface area contributed by atoms with Gasteiger partial charge in [0.2, 0.25) is 6.29 Å². The largest absolute Gasteiger partial charge is 0.497 e. The zero-order valence-corrected chi connectivity index (χ0v) is 28.0. The van der Waals surface area contributed by atoms with E-state index in [9.17, 15) is 9.69 Å². The van der Waals surface area contributed by atoms with Gasteiger partial charge in [-0.25, -0.2) is 0 Å². The molecule has 2 unspecified atom stereocenters. The normalized spacial score (nSPS) is 19.2. The summed E-state index contributed by atoms with van der Waals surface area (Å²) in [7, 11) is 1.24. The summed E-state index contributed by atoms with van der Waals surface area (Å²) in [6.07, 6.45) is -0.625. The van der Waals surface area contributed by atoms with Gasteiger partial charge >= 0.3 is 5.97 Å². The maximum absolute atomic E-state index is 13.4. The molecule has 4 rings (SSSR count). The topological polar surface area (TPSA) is 92.4 Å². The van der Waals surface area contributed by atoms with E-state index in [4.69, 9.17) is 28.3 Å². The van der Waals surface area contributed by atoms with Crippen molar-refractivity contribution in [2.45, 2.75) is 52.1 Å². The summed E-state index contributed by atoms with van der Waals surface area (Å²) in [5.41, 5.74) is 1.63. The summed E-state index contributed by atoms with van der Waals surface area (Å²) in [6.45, 7) is 9.71. The lowest BCUT2D eigenvalue weighted by molar-refractivity contribution is -1.08. The van der Waals surface area contributed by atoms with E-state index >= 15 is 0 Å². The lowest BCUT2D eigenvalue weighted by atomic mass is 9.80. The molecule has 0 spiro atoms. The average molecular weight is 640 g/mol. The molecule has 4 atom stereocenters. The Bertz CT molecular complexity index is 1280. The summed E-state index contributed by atoms with van der Waals surface area (Å²) in [6, 6.07) is 25.6. The maximum atomic E-state index is 13.4. The molecule has 1 heterocycles. The Hall–Kier alpha value is -3.04.